The molecule has 0 N–H and O–H groups in total. The second-order valence-electron chi connectivity index (χ2n) is 2.47. The summed E-state index contributed by atoms with van der Waals surface area (Å²) in [6, 6.07) is 0. The van der Waals surface area contributed by atoms with E-state index in [9.17, 15) is 0 Å². The van der Waals surface area contributed by atoms with E-state index >= 15 is 0 Å². The Balaban J connectivity index is 1.98. The largest absolute Gasteiger partial charge is 0.464 e. The molecule has 1 aliphatic rings. The lowest BCUT2D eigenvalue weighted by molar-refractivity contribution is 0.108. The van der Waals surface area contributed by atoms with Gasteiger partial charge in [-0.2, -0.15) is 0 Å². The maximum Gasteiger partial charge on any atom is 0.464 e. The summed E-state index contributed by atoms with van der Waals surface area (Å²) in [5.74, 6) is 0. The van der Waals surface area contributed by atoms with Crippen LogP contribution in [0.2, 0.25) is 4.55 Å². The molecule has 1 aliphatic heterocycles. The van der Waals surface area contributed by atoms with E-state index in [2.05, 4.69) is 18.9 Å². The minimum absolute atomic E-state index is 0.270. The maximum atomic E-state index is 5.47. The Labute approximate surface area is 76.0 Å². The molecule has 0 radical (unpaired) electrons. The van der Waals surface area contributed by atoms with Crippen LogP contribution in [0.5, 0.6) is 0 Å². The number of hydrogen-bond acceptors (Lipinski definition) is 1. The summed E-state index contributed by atoms with van der Waals surface area (Å²) in [6.45, 7) is 1.02. The molecule has 9 heavy (non-hydrogen) atoms. The zero-order valence-electron chi connectivity index (χ0n) is 5.61. The Bertz CT molecular complexity index is 73.5. The summed E-state index contributed by atoms with van der Waals surface area (Å²) in [5, 5.41) is 0. The third kappa shape index (κ3) is 3.39. The van der Waals surface area contributed by atoms with Gasteiger partial charge in [0.25, 0.3) is 0 Å². The van der Waals surface area contributed by atoms with E-state index in [1.165, 1.54) is 23.8 Å². The molecule has 0 bridgehead atoms. The van der Waals surface area contributed by atoms with Gasteiger partial charge in [0, 0.05) is 6.61 Å². The SMILES string of the molecule is [I][Mg][CH2]CC1CCCO1. The second kappa shape index (κ2) is 5.15. The smallest absolute Gasteiger partial charge is 0.378 e. The number of halogens is 1. The van der Waals surface area contributed by atoms with Crippen molar-refractivity contribution in [1.29, 1.82) is 0 Å². The molecule has 0 aromatic heterocycles. The Morgan fingerprint density at radius 3 is 3.11 bits per heavy atom. The van der Waals surface area contributed by atoms with Gasteiger partial charge in [-0.05, 0) is 19.3 Å². The summed E-state index contributed by atoms with van der Waals surface area (Å²) in [5.41, 5.74) is 0. The van der Waals surface area contributed by atoms with E-state index in [-0.39, 0.29) is 16.5 Å². The number of ether oxygens (including phenoxy) is 1. The van der Waals surface area contributed by atoms with Crippen LogP contribution >= 0.6 is 18.9 Å². The number of hydrogen-bond donors (Lipinski definition) is 0. The molecular weight excluding hydrogens is 239 g/mol. The van der Waals surface area contributed by atoms with Gasteiger partial charge in [0.15, 0.2) is 0 Å². The van der Waals surface area contributed by atoms with Crippen molar-refractivity contribution in [2.24, 2.45) is 0 Å². The quantitative estimate of drug-likeness (QED) is 0.550. The molecule has 0 aromatic rings. The topological polar surface area (TPSA) is 9.23 Å². The van der Waals surface area contributed by atoms with Crippen LogP contribution in [0.15, 0.2) is 0 Å². The average molecular weight is 250 g/mol. The Kier molecular flexibility index (Phi) is 4.90. The maximum absolute atomic E-state index is 5.47. The van der Waals surface area contributed by atoms with Crippen LogP contribution in [0.25, 0.3) is 0 Å². The first-order valence-electron chi connectivity index (χ1n) is 3.61. The lowest BCUT2D eigenvalue weighted by atomic mass is 10.2. The Hall–Kier alpha value is 1.46. The first-order chi connectivity index (χ1) is 4.43. The van der Waals surface area contributed by atoms with E-state index in [4.69, 9.17) is 4.74 Å². The van der Waals surface area contributed by atoms with Gasteiger partial charge < -0.3 is 23.6 Å². The molecule has 1 saturated heterocycles. The molecular formula is C6H11IMgO. The van der Waals surface area contributed by atoms with E-state index < -0.39 is 0 Å². The first kappa shape index (κ1) is 8.55. The van der Waals surface area contributed by atoms with Crippen LogP contribution in [0.1, 0.15) is 19.3 Å². The predicted molar refractivity (Wildman–Crippen MR) is 48.2 cm³/mol. The van der Waals surface area contributed by atoms with E-state index in [1.54, 1.807) is 0 Å². The molecule has 1 nitrogen and oxygen atoms in total. The normalized spacial score (nSPS) is 26.1. The van der Waals surface area contributed by atoms with Crippen molar-refractivity contribution in [2.75, 3.05) is 6.61 Å². The molecule has 0 amide bonds. The van der Waals surface area contributed by atoms with Gasteiger partial charge in [0.05, 0.1) is 6.10 Å². The standard InChI is InChI=1S/C6H11O.HI.Mg/c1-2-6-4-3-5-7-6;;/h6H,1-5H2;1H;/q;;+1/p-1. The molecule has 1 rings (SSSR count). The third-order valence-electron chi connectivity index (χ3n) is 1.68. The zero-order chi connectivity index (χ0) is 6.53. The van der Waals surface area contributed by atoms with Gasteiger partial charge in [0.2, 0.25) is 0 Å². The van der Waals surface area contributed by atoms with Crippen LogP contribution in [-0.2, 0) is 4.74 Å². The van der Waals surface area contributed by atoms with Gasteiger partial charge in [-0.15, -0.1) is 4.55 Å². The van der Waals surface area contributed by atoms with Gasteiger partial charge in [-0.1, -0.05) is 0 Å². The van der Waals surface area contributed by atoms with Gasteiger partial charge in [0.1, 0.15) is 0 Å². The van der Waals surface area contributed by atoms with E-state index in [0.29, 0.717) is 6.10 Å². The molecule has 50 valence electrons. The highest BCUT2D eigenvalue weighted by Crippen LogP contribution is 2.16. The van der Waals surface area contributed by atoms with E-state index in [1.807, 2.05) is 0 Å². The highest BCUT2D eigenvalue weighted by atomic mass is 127. The average Bonchev–Trinajstić information content (AvgIpc) is 2.34. The fraction of sp³-hybridized carbons (Fsp3) is 1.00. The second-order valence-corrected chi connectivity index (χ2v) is 6.79. The highest BCUT2D eigenvalue weighted by Gasteiger charge is 2.13. The molecule has 0 aromatic carbocycles. The fourth-order valence-corrected chi connectivity index (χ4v) is 3.11. The van der Waals surface area contributed by atoms with Crippen LogP contribution in [0.4, 0.5) is 0 Å². The van der Waals surface area contributed by atoms with Gasteiger partial charge in [-0.25, -0.2) is 0 Å². The van der Waals surface area contributed by atoms with Crippen molar-refractivity contribution < 1.29 is 4.74 Å². The molecule has 1 unspecified atom stereocenters. The molecule has 0 saturated carbocycles. The lowest BCUT2D eigenvalue weighted by Crippen LogP contribution is -2.03. The highest BCUT2D eigenvalue weighted by molar-refractivity contribution is 14.1. The fourth-order valence-electron chi connectivity index (χ4n) is 1.18. The summed E-state index contributed by atoms with van der Waals surface area (Å²) in [7, 11) is 0. The van der Waals surface area contributed by atoms with Crippen molar-refractivity contribution >= 4 is 35.3 Å². The van der Waals surface area contributed by atoms with Crippen molar-refractivity contribution in [1.82, 2.24) is 0 Å². The summed E-state index contributed by atoms with van der Waals surface area (Å²) in [4.78, 5) is 0. The van der Waals surface area contributed by atoms with Crippen LogP contribution < -0.4 is 0 Å². The monoisotopic (exact) mass is 250 g/mol. The predicted octanol–water partition coefficient (Wildman–Crippen LogP) is 2.03. The number of rotatable bonds is 3. The lowest BCUT2D eigenvalue weighted by Gasteiger charge is -2.05. The minimum atomic E-state index is 0.270. The van der Waals surface area contributed by atoms with Crippen LogP contribution in [0.3, 0.4) is 0 Å². The van der Waals surface area contributed by atoms with Crippen LogP contribution in [-0.4, -0.2) is 29.2 Å². The molecule has 0 spiro atoms. The first-order valence-corrected chi connectivity index (χ1v) is 9.72. The van der Waals surface area contributed by atoms with E-state index in [0.717, 1.165) is 6.61 Å². The molecule has 3 heteroatoms. The van der Waals surface area contributed by atoms with Gasteiger partial charge in [-0.3, -0.25) is 0 Å². The van der Waals surface area contributed by atoms with Crippen molar-refractivity contribution in [2.45, 2.75) is 29.9 Å². The van der Waals surface area contributed by atoms with Crippen LogP contribution in [0, 0.1) is 0 Å². The van der Waals surface area contributed by atoms with Crippen molar-refractivity contribution in [3.63, 3.8) is 0 Å². The molecule has 0 aliphatic carbocycles. The molecule has 1 heterocycles. The molecule has 1 atom stereocenters. The Morgan fingerprint density at radius 2 is 2.56 bits per heavy atom. The molecule has 1 fully saturated rings. The summed E-state index contributed by atoms with van der Waals surface area (Å²) >= 11 is 2.83. The summed E-state index contributed by atoms with van der Waals surface area (Å²) < 4.78 is 6.94. The summed E-state index contributed by atoms with van der Waals surface area (Å²) in [6.07, 6.45) is 4.61. The Morgan fingerprint density at radius 1 is 1.67 bits per heavy atom. The minimum Gasteiger partial charge on any atom is -0.378 e. The van der Waals surface area contributed by atoms with Crippen molar-refractivity contribution in [3.8, 4) is 0 Å². The third-order valence-corrected chi connectivity index (χ3v) is 4.65. The van der Waals surface area contributed by atoms with Crippen molar-refractivity contribution in [3.05, 3.63) is 0 Å². The zero-order valence-corrected chi connectivity index (χ0v) is 9.18. The van der Waals surface area contributed by atoms with Gasteiger partial charge >= 0.3 is 16.5 Å².